The molecule has 106 valence electrons. The lowest BCUT2D eigenvalue weighted by Crippen LogP contribution is -2.08. The van der Waals surface area contributed by atoms with Crippen molar-refractivity contribution in [3.05, 3.63) is 36.0 Å². The van der Waals surface area contributed by atoms with E-state index in [4.69, 9.17) is 9.47 Å². The molecule has 0 bridgehead atoms. The summed E-state index contributed by atoms with van der Waals surface area (Å²) in [4.78, 5) is 16.3. The largest absolute Gasteiger partial charge is 0.491 e. The molecule has 0 amide bonds. The fraction of sp³-hybridized carbons (Fsp3) is 0.375. The Balaban J connectivity index is 2.44. The SMILES string of the molecule is CCOC(=O)c1ccc(OCC(C)C)c2ncccc12. The Bertz CT molecular complexity index is 608. The van der Waals surface area contributed by atoms with Crippen LogP contribution in [0, 0.1) is 5.92 Å². The standard InChI is InChI=1S/C16H19NO3/c1-4-19-16(18)13-7-8-14(20-10-11(2)3)15-12(13)6-5-9-17-15/h5-9,11H,4,10H2,1-3H3. The number of pyridine rings is 1. The van der Waals surface area contributed by atoms with Gasteiger partial charge in [-0.3, -0.25) is 4.98 Å². The first-order valence-corrected chi connectivity index (χ1v) is 6.81. The van der Waals surface area contributed by atoms with Gasteiger partial charge in [0, 0.05) is 11.6 Å². The van der Waals surface area contributed by atoms with Gasteiger partial charge in [-0.25, -0.2) is 4.79 Å². The van der Waals surface area contributed by atoms with Gasteiger partial charge in [-0.2, -0.15) is 0 Å². The van der Waals surface area contributed by atoms with Gasteiger partial charge in [0.2, 0.25) is 0 Å². The van der Waals surface area contributed by atoms with Crippen LogP contribution in [0.15, 0.2) is 30.5 Å². The zero-order chi connectivity index (χ0) is 14.5. The van der Waals surface area contributed by atoms with Crippen LogP contribution in [0.5, 0.6) is 5.75 Å². The summed E-state index contributed by atoms with van der Waals surface area (Å²) >= 11 is 0. The fourth-order valence-electron chi connectivity index (χ4n) is 1.91. The van der Waals surface area contributed by atoms with Gasteiger partial charge in [-0.05, 0) is 31.0 Å². The highest BCUT2D eigenvalue weighted by atomic mass is 16.5. The third-order valence-corrected chi connectivity index (χ3v) is 2.80. The quantitative estimate of drug-likeness (QED) is 0.783. The highest BCUT2D eigenvalue weighted by Gasteiger charge is 2.14. The Morgan fingerprint density at radius 3 is 2.80 bits per heavy atom. The highest BCUT2D eigenvalue weighted by Crippen LogP contribution is 2.27. The molecule has 1 aromatic carbocycles. The van der Waals surface area contributed by atoms with Crippen molar-refractivity contribution in [3.63, 3.8) is 0 Å². The van der Waals surface area contributed by atoms with E-state index in [2.05, 4.69) is 18.8 Å². The van der Waals surface area contributed by atoms with Crippen LogP contribution in [-0.2, 0) is 4.74 Å². The number of hydrogen-bond acceptors (Lipinski definition) is 4. The third kappa shape index (κ3) is 3.07. The predicted octanol–water partition coefficient (Wildman–Crippen LogP) is 3.45. The molecule has 0 aliphatic carbocycles. The molecule has 0 radical (unpaired) electrons. The predicted molar refractivity (Wildman–Crippen MR) is 78.0 cm³/mol. The van der Waals surface area contributed by atoms with Crippen LogP contribution in [0.4, 0.5) is 0 Å². The van der Waals surface area contributed by atoms with Crippen LogP contribution in [-0.4, -0.2) is 24.2 Å². The number of carbonyl (C=O) groups is 1. The van der Waals surface area contributed by atoms with Crippen molar-refractivity contribution in [3.8, 4) is 5.75 Å². The van der Waals surface area contributed by atoms with Gasteiger partial charge < -0.3 is 9.47 Å². The highest BCUT2D eigenvalue weighted by molar-refractivity contribution is 6.05. The van der Waals surface area contributed by atoms with Gasteiger partial charge >= 0.3 is 5.97 Å². The summed E-state index contributed by atoms with van der Waals surface area (Å²) in [6, 6.07) is 7.18. The lowest BCUT2D eigenvalue weighted by atomic mass is 10.1. The van der Waals surface area contributed by atoms with E-state index >= 15 is 0 Å². The van der Waals surface area contributed by atoms with Gasteiger partial charge in [0.1, 0.15) is 11.3 Å². The molecule has 4 heteroatoms. The summed E-state index contributed by atoms with van der Waals surface area (Å²) in [6.07, 6.45) is 1.69. The average Bonchev–Trinajstić information content (AvgIpc) is 2.44. The van der Waals surface area contributed by atoms with E-state index in [-0.39, 0.29) is 5.97 Å². The molecule has 1 heterocycles. The second-order valence-electron chi connectivity index (χ2n) is 4.94. The molecule has 2 rings (SSSR count). The number of hydrogen-bond donors (Lipinski definition) is 0. The molecule has 0 saturated heterocycles. The number of esters is 1. The molecular formula is C16H19NO3. The molecule has 0 fully saturated rings. The molecule has 2 aromatic rings. The topological polar surface area (TPSA) is 48.4 Å². The summed E-state index contributed by atoms with van der Waals surface area (Å²) in [7, 11) is 0. The third-order valence-electron chi connectivity index (χ3n) is 2.80. The van der Waals surface area contributed by atoms with E-state index in [1.165, 1.54) is 0 Å². The Kier molecular flexibility index (Phi) is 4.56. The molecule has 4 nitrogen and oxygen atoms in total. The first kappa shape index (κ1) is 14.3. The van der Waals surface area contributed by atoms with Gasteiger partial charge in [-0.15, -0.1) is 0 Å². The number of nitrogens with zero attached hydrogens (tertiary/aromatic N) is 1. The smallest absolute Gasteiger partial charge is 0.338 e. The van der Waals surface area contributed by atoms with E-state index in [1.807, 2.05) is 6.07 Å². The number of benzene rings is 1. The Hall–Kier alpha value is -2.10. The lowest BCUT2D eigenvalue weighted by molar-refractivity contribution is 0.0528. The first-order chi connectivity index (χ1) is 9.63. The molecule has 0 atom stereocenters. The number of rotatable bonds is 5. The van der Waals surface area contributed by atoms with E-state index in [9.17, 15) is 4.79 Å². The van der Waals surface area contributed by atoms with Gasteiger partial charge in [0.15, 0.2) is 0 Å². The number of fused-ring (bicyclic) bond motifs is 1. The molecule has 0 spiro atoms. The van der Waals surface area contributed by atoms with Crippen LogP contribution < -0.4 is 4.74 Å². The van der Waals surface area contributed by atoms with Gasteiger partial charge in [0.05, 0.1) is 18.8 Å². The Morgan fingerprint density at radius 2 is 2.10 bits per heavy atom. The maximum Gasteiger partial charge on any atom is 0.338 e. The van der Waals surface area contributed by atoms with Crippen molar-refractivity contribution in [2.75, 3.05) is 13.2 Å². The van der Waals surface area contributed by atoms with Gasteiger partial charge in [-0.1, -0.05) is 19.9 Å². The van der Waals surface area contributed by atoms with E-state index in [0.717, 1.165) is 5.39 Å². The molecule has 0 N–H and O–H groups in total. The van der Waals surface area contributed by atoms with Crippen molar-refractivity contribution < 1.29 is 14.3 Å². The van der Waals surface area contributed by atoms with Crippen molar-refractivity contribution in [2.45, 2.75) is 20.8 Å². The zero-order valence-electron chi connectivity index (χ0n) is 12.1. The minimum atomic E-state index is -0.332. The summed E-state index contributed by atoms with van der Waals surface area (Å²) in [6.45, 7) is 6.93. The normalized spacial score (nSPS) is 10.8. The molecular weight excluding hydrogens is 254 g/mol. The summed E-state index contributed by atoms with van der Waals surface area (Å²) in [5.41, 5.74) is 1.21. The first-order valence-electron chi connectivity index (χ1n) is 6.81. The van der Waals surface area contributed by atoms with E-state index in [1.54, 1.807) is 31.3 Å². The monoisotopic (exact) mass is 273 g/mol. The van der Waals surface area contributed by atoms with Gasteiger partial charge in [0.25, 0.3) is 0 Å². The molecule has 0 aliphatic rings. The molecule has 0 aliphatic heterocycles. The Morgan fingerprint density at radius 1 is 1.30 bits per heavy atom. The summed E-state index contributed by atoms with van der Waals surface area (Å²) in [5, 5.41) is 0.757. The van der Waals surface area contributed by atoms with Crippen LogP contribution in [0.1, 0.15) is 31.1 Å². The molecule has 1 aromatic heterocycles. The zero-order valence-corrected chi connectivity index (χ0v) is 12.1. The van der Waals surface area contributed by atoms with Crippen LogP contribution in [0.2, 0.25) is 0 Å². The number of ether oxygens (including phenoxy) is 2. The fourth-order valence-corrected chi connectivity index (χ4v) is 1.91. The molecule has 0 unspecified atom stereocenters. The maximum absolute atomic E-state index is 11.9. The molecule has 0 saturated carbocycles. The summed E-state index contributed by atoms with van der Waals surface area (Å²) < 4.78 is 10.8. The van der Waals surface area contributed by atoms with Crippen LogP contribution in [0.3, 0.4) is 0 Å². The van der Waals surface area contributed by atoms with Crippen LogP contribution >= 0.6 is 0 Å². The lowest BCUT2D eigenvalue weighted by Gasteiger charge is -2.12. The van der Waals surface area contributed by atoms with Crippen molar-refractivity contribution in [1.82, 2.24) is 4.98 Å². The van der Waals surface area contributed by atoms with Crippen molar-refractivity contribution >= 4 is 16.9 Å². The minimum absolute atomic E-state index is 0.332. The second kappa shape index (κ2) is 6.37. The van der Waals surface area contributed by atoms with Crippen molar-refractivity contribution in [2.24, 2.45) is 5.92 Å². The maximum atomic E-state index is 11.9. The van der Waals surface area contributed by atoms with Crippen molar-refractivity contribution in [1.29, 1.82) is 0 Å². The van der Waals surface area contributed by atoms with E-state index in [0.29, 0.717) is 36.0 Å². The van der Waals surface area contributed by atoms with Crippen LogP contribution in [0.25, 0.3) is 10.9 Å². The number of aromatic nitrogens is 1. The molecule has 20 heavy (non-hydrogen) atoms. The average molecular weight is 273 g/mol. The summed E-state index contributed by atoms with van der Waals surface area (Å²) in [5.74, 6) is 0.793. The minimum Gasteiger partial charge on any atom is -0.491 e. The Labute approximate surface area is 118 Å². The number of carbonyl (C=O) groups excluding carboxylic acids is 1. The van der Waals surface area contributed by atoms with E-state index < -0.39 is 0 Å². The second-order valence-corrected chi connectivity index (χ2v) is 4.94.